The Balaban J connectivity index is 1.85. The maximum Gasteiger partial charge on any atom is 0.234 e. The van der Waals surface area contributed by atoms with E-state index in [2.05, 4.69) is 20.8 Å². The Labute approximate surface area is 159 Å². The summed E-state index contributed by atoms with van der Waals surface area (Å²) in [5, 5.41) is 14.6. The van der Waals surface area contributed by atoms with Crippen LogP contribution in [-0.2, 0) is 9.59 Å². The van der Waals surface area contributed by atoms with Crippen molar-refractivity contribution in [2.45, 2.75) is 18.9 Å². The van der Waals surface area contributed by atoms with Crippen molar-refractivity contribution in [3.8, 4) is 0 Å². The van der Waals surface area contributed by atoms with Crippen LogP contribution in [0.4, 0.5) is 11.5 Å². The number of carbonyl (C=O) groups is 2. The number of anilines is 2. The van der Waals surface area contributed by atoms with Gasteiger partial charge in [-0.2, -0.15) is 0 Å². The molecule has 0 saturated carbocycles. The first-order valence-electron chi connectivity index (χ1n) is 7.37. The van der Waals surface area contributed by atoms with Gasteiger partial charge in [-0.1, -0.05) is 48.8 Å². The van der Waals surface area contributed by atoms with Crippen LogP contribution in [0.2, 0.25) is 10.0 Å². The van der Waals surface area contributed by atoms with E-state index in [1.54, 1.807) is 44.2 Å². The molecule has 0 saturated heterocycles. The number of hydrogen-bond acceptors (Lipinski definition) is 5. The Morgan fingerprint density at radius 3 is 2.44 bits per heavy atom. The number of rotatable bonds is 6. The minimum Gasteiger partial charge on any atom is -0.325 e. The highest BCUT2D eigenvalue weighted by atomic mass is 35.5. The fourth-order valence-corrected chi connectivity index (χ4v) is 2.56. The third kappa shape index (κ3) is 6.19. The molecule has 25 heavy (non-hydrogen) atoms. The van der Waals surface area contributed by atoms with Gasteiger partial charge in [-0.05, 0) is 30.3 Å². The first kappa shape index (κ1) is 19.5. The minimum atomic E-state index is -0.206. The van der Waals surface area contributed by atoms with Crippen molar-refractivity contribution in [1.29, 1.82) is 0 Å². The predicted octanol–water partition coefficient (Wildman–Crippen LogP) is 4.11. The summed E-state index contributed by atoms with van der Waals surface area (Å²) in [5.74, 6) is 0.0643. The van der Waals surface area contributed by atoms with Crippen LogP contribution in [0.25, 0.3) is 0 Å². The molecular weight excluding hydrogens is 383 g/mol. The summed E-state index contributed by atoms with van der Waals surface area (Å²) >= 11 is 13.0. The second-order valence-corrected chi connectivity index (χ2v) is 7.18. The van der Waals surface area contributed by atoms with Gasteiger partial charge in [0.05, 0.1) is 15.8 Å². The molecule has 0 fully saturated rings. The molecule has 1 aromatic carbocycles. The summed E-state index contributed by atoms with van der Waals surface area (Å²) < 4.78 is 0. The van der Waals surface area contributed by atoms with Gasteiger partial charge in [-0.3, -0.25) is 9.59 Å². The van der Waals surface area contributed by atoms with Crippen LogP contribution in [0.1, 0.15) is 13.8 Å². The fourth-order valence-electron chi connectivity index (χ4n) is 1.64. The van der Waals surface area contributed by atoms with E-state index in [1.165, 1.54) is 11.8 Å². The summed E-state index contributed by atoms with van der Waals surface area (Å²) in [6.07, 6.45) is 0. The molecule has 2 aromatic rings. The van der Waals surface area contributed by atoms with E-state index in [9.17, 15) is 9.59 Å². The molecule has 0 unspecified atom stereocenters. The van der Waals surface area contributed by atoms with Crippen LogP contribution in [0.15, 0.2) is 35.4 Å². The van der Waals surface area contributed by atoms with Crippen LogP contribution < -0.4 is 10.6 Å². The second-order valence-electron chi connectivity index (χ2n) is 5.37. The zero-order chi connectivity index (χ0) is 18.4. The second kappa shape index (κ2) is 9.03. The third-order valence-corrected chi connectivity index (χ3v) is 4.63. The number of aromatic nitrogens is 2. The summed E-state index contributed by atoms with van der Waals surface area (Å²) in [6.45, 7) is 3.58. The highest BCUT2D eigenvalue weighted by molar-refractivity contribution is 7.99. The molecule has 1 heterocycles. The fraction of sp³-hybridized carbons (Fsp3) is 0.250. The van der Waals surface area contributed by atoms with Crippen molar-refractivity contribution >= 4 is 58.3 Å². The topological polar surface area (TPSA) is 84.0 Å². The largest absolute Gasteiger partial charge is 0.325 e. The number of hydrogen-bond donors (Lipinski definition) is 2. The van der Waals surface area contributed by atoms with Gasteiger partial charge in [0.15, 0.2) is 5.82 Å². The van der Waals surface area contributed by atoms with E-state index < -0.39 is 0 Å². The van der Waals surface area contributed by atoms with E-state index >= 15 is 0 Å². The molecule has 132 valence electrons. The summed E-state index contributed by atoms with van der Waals surface area (Å²) in [6, 6.07) is 8.20. The van der Waals surface area contributed by atoms with Gasteiger partial charge in [0.1, 0.15) is 5.03 Å². The molecule has 0 radical (unpaired) electrons. The smallest absolute Gasteiger partial charge is 0.234 e. The molecule has 0 spiro atoms. The first-order chi connectivity index (χ1) is 11.8. The van der Waals surface area contributed by atoms with Crippen molar-refractivity contribution in [2.75, 3.05) is 16.4 Å². The number of benzene rings is 1. The lowest BCUT2D eigenvalue weighted by molar-refractivity contribution is -0.119. The maximum absolute atomic E-state index is 12.0. The van der Waals surface area contributed by atoms with E-state index in [0.29, 0.717) is 26.6 Å². The molecular formula is C16H16Cl2N4O2S. The number of nitrogens with one attached hydrogen (secondary N) is 2. The van der Waals surface area contributed by atoms with Crippen molar-refractivity contribution in [3.63, 3.8) is 0 Å². The molecule has 2 N–H and O–H groups in total. The van der Waals surface area contributed by atoms with Gasteiger partial charge in [0.25, 0.3) is 0 Å². The Morgan fingerprint density at radius 1 is 1.08 bits per heavy atom. The highest BCUT2D eigenvalue weighted by Gasteiger charge is 2.09. The van der Waals surface area contributed by atoms with Gasteiger partial charge < -0.3 is 10.6 Å². The van der Waals surface area contributed by atoms with E-state index in [-0.39, 0.29) is 23.5 Å². The number of carbonyl (C=O) groups excluding carboxylic acids is 2. The molecule has 2 amide bonds. The Kier molecular flexibility index (Phi) is 7.04. The molecule has 0 aliphatic rings. The summed E-state index contributed by atoms with van der Waals surface area (Å²) in [4.78, 5) is 23.5. The first-order valence-corrected chi connectivity index (χ1v) is 9.11. The van der Waals surface area contributed by atoms with Crippen molar-refractivity contribution in [2.24, 2.45) is 5.92 Å². The minimum absolute atomic E-state index is 0.129. The van der Waals surface area contributed by atoms with E-state index in [0.717, 1.165) is 0 Å². The summed E-state index contributed by atoms with van der Waals surface area (Å²) in [5.41, 5.74) is 0.567. The molecule has 0 atom stereocenters. The molecule has 1 aromatic heterocycles. The molecule has 6 nitrogen and oxygen atoms in total. The monoisotopic (exact) mass is 398 g/mol. The molecule has 0 bridgehead atoms. The van der Waals surface area contributed by atoms with Gasteiger partial charge in [0, 0.05) is 11.6 Å². The van der Waals surface area contributed by atoms with Crippen molar-refractivity contribution in [1.82, 2.24) is 10.2 Å². The van der Waals surface area contributed by atoms with Crippen LogP contribution in [0.3, 0.4) is 0 Å². The number of halogens is 2. The predicted molar refractivity (Wildman–Crippen MR) is 101 cm³/mol. The third-order valence-electron chi connectivity index (χ3n) is 2.97. The van der Waals surface area contributed by atoms with Crippen LogP contribution >= 0.6 is 35.0 Å². The normalized spacial score (nSPS) is 10.6. The van der Waals surface area contributed by atoms with Crippen LogP contribution in [0, 0.1) is 5.92 Å². The van der Waals surface area contributed by atoms with Gasteiger partial charge in [-0.15, -0.1) is 10.2 Å². The number of thioether (sulfide) groups is 1. The van der Waals surface area contributed by atoms with Crippen LogP contribution in [0.5, 0.6) is 0 Å². The Morgan fingerprint density at radius 2 is 1.84 bits per heavy atom. The standard InChI is InChI=1S/C16H16Cl2N4O2S/c1-9(2)16(24)20-13-5-6-15(22-21-13)25-8-14(23)19-10-3-4-11(17)12(18)7-10/h3-7,9H,8H2,1-2H3,(H,19,23)(H,20,21,24). The quantitative estimate of drug-likeness (QED) is 0.715. The lowest BCUT2D eigenvalue weighted by Crippen LogP contribution is -2.18. The summed E-state index contributed by atoms with van der Waals surface area (Å²) in [7, 11) is 0. The lowest BCUT2D eigenvalue weighted by atomic mass is 10.2. The lowest BCUT2D eigenvalue weighted by Gasteiger charge is -2.07. The number of nitrogens with zero attached hydrogens (tertiary/aromatic N) is 2. The Bertz CT molecular complexity index is 769. The number of amides is 2. The zero-order valence-electron chi connectivity index (χ0n) is 13.5. The molecule has 9 heteroatoms. The van der Waals surface area contributed by atoms with Crippen molar-refractivity contribution < 1.29 is 9.59 Å². The molecule has 0 aliphatic heterocycles. The van der Waals surface area contributed by atoms with Crippen molar-refractivity contribution in [3.05, 3.63) is 40.4 Å². The highest BCUT2D eigenvalue weighted by Crippen LogP contribution is 2.25. The van der Waals surface area contributed by atoms with E-state index in [1.807, 2.05) is 0 Å². The maximum atomic E-state index is 12.0. The molecule has 2 rings (SSSR count). The van der Waals surface area contributed by atoms with Gasteiger partial charge in [0.2, 0.25) is 11.8 Å². The van der Waals surface area contributed by atoms with Gasteiger partial charge in [-0.25, -0.2) is 0 Å². The van der Waals surface area contributed by atoms with E-state index in [4.69, 9.17) is 23.2 Å². The van der Waals surface area contributed by atoms with Gasteiger partial charge >= 0.3 is 0 Å². The molecule has 0 aliphatic carbocycles. The average Bonchev–Trinajstić information content (AvgIpc) is 2.57. The Hall–Kier alpha value is -1.83. The SMILES string of the molecule is CC(C)C(=O)Nc1ccc(SCC(=O)Nc2ccc(Cl)c(Cl)c2)nn1. The average molecular weight is 399 g/mol. The zero-order valence-corrected chi connectivity index (χ0v) is 15.9. The van der Waals surface area contributed by atoms with Crippen LogP contribution in [-0.4, -0.2) is 27.8 Å².